The van der Waals surface area contributed by atoms with E-state index in [0.717, 1.165) is 5.76 Å². The normalized spacial score (nSPS) is 23.9. The first-order valence-electron chi connectivity index (χ1n) is 9.78. The van der Waals surface area contributed by atoms with Crippen LogP contribution in [0.2, 0.25) is 0 Å². The Morgan fingerprint density at radius 1 is 1.27 bits per heavy atom. The topological polar surface area (TPSA) is 91.6 Å². The zero-order chi connectivity index (χ0) is 21.1. The molecule has 4 rings (SSSR count). The molecule has 0 radical (unpaired) electrons. The predicted molar refractivity (Wildman–Crippen MR) is 111 cm³/mol. The van der Waals surface area contributed by atoms with Gasteiger partial charge in [-0.1, -0.05) is 12.2 Å². The van der Waals surface area contributed by atoms with Crippen LogP contribution in [0.4, 0.5) is 5.95 Å². The zero-order valence-corrected chi connectivity index (χ0v) is 17.3. The Bertz CT molecular complexity index is 1000. The van der Waals surface area contributed by atoms with Gasteiger partial charge in [-0.05, 0) is 12.1 Å². The molecule has 3 heterocycles. The van der Waals surface area contributed by atoms with Gasteiger partial charge in [0.1, 0.15) is 12.1 Å². The van der Waals surface area contributed by atoms with Gasteiger partial charge in [0.25, 0.3) is 5.56 Å². The quantitative estimate of drug-likeness (QED) is 0.724. The fourth-order valence-electron chi connectivity index (χ4n) is 3.93. The Morgan fingerprint density at radius 2 is 2.13 bits per heavy atom. The number of aromatic nitrogens is 4. The molecule has 2 unspecified atom stereocenters. The Labute approximate surface area is 174 Å². The minimum atomic E-state index is -0.181. The van der Waals surface area contributed by atoms with Crippen LogP contribution in [0.1, 0.15) is 0 Å². The lowest BCUT2D eigenvalue weighted by Crippen LogP contribution is -2.51. The number of nitrogens with zero attached hydrogens (tertiary/aromatic N) is 5. The van der Waals surface area contributed by atoms with E-state index in [0.29, 0.717) is 37.0 Å². The molecular weight excluding hydrogens is 386 g/mol. The van der Waals surface area contributed by atoms with Crippen molar-refractivity contribution in [1.82, 2.24) is 19.5 Å². The molecule has 0 aromatic carbocycles. The molecule has 0 bridgehead atoms. The van der Waals surface area contributed by atoms with Crippen molar-refractivity contribution in [3.05, 3.63) is 59.0 Å². The van der Waals surface area contributed by atoms with Crippen molar-refractivity contribution >= 4 is 5.95 Å². The van der Waals surface area contributed by atoms with Crippen LogP contribution >= 0.6 is 0 Å². The van der Waals surface area contributed by atoms with Crippen molar-refractivity contribution in [3.8, 4) is 11.4 Å². The molecule has 2 aromatic rings. The van der Waals surface area contributed by atoms with Crippen LogP contribution in [0.25, 0.3) is 11.4 Å². The molecule has 9 heteroatoms. The molecule has 30 heavy (non-hydrogen) atoms. The average molecular weight is 411 g/mol. The van der Waals surface area contributed by atoms with Crippen LogP contribution in [0.15, 0.2) is 53.4 Å². The van der Waals surface area contributed by atoms with Gasteiger partial charge in [0.05, 0.1) is 43.2 Å². The van der Waals surface area contributed by atoms with E-state index in [4.69, 9.17) is 19.2 Å². The summed E-state index contributed by atoms with van der Waals surface area (Å²) in [6.45, 7) is 1.68. The Morgan fingerprint density at radius 3 is 2.87 bits per heavy atom. The number of hydrogen-bond acceptors (Lipinski definition) is 8. The summed E-state index contributed by atoms with van der Waals surface area (Å²) in [4.78, 5) is 27.6. The largest absolute Gasteiger partial charge is 0.501 e. The number of methoxy groups -OCH3 is 2. The van der Waals surface area contributed by atoms with E-state index in [1.165, 1.54) is 12.4 Å². The molecule has 1 fully saturated rings. The third-order valence-corrected chi connectivity index (χ3v) is 5.48. The summed E-state index contributed by atoms with van der Waals surface area (Å²) in [5, 5.41) is 0. The molecule has 158 valence electrons. The lowest BCUT2D eigenvalue weighted by atomic mass is 9.88. The van der Waals surface area contributed by atoms with Crippen molar-refractivity contribution in [2.45, 2.75) is 12.2 Å². The van der Waals surface area contributed by atoms with Crippen molar-refractivity contribution in [1.29, 1.82) is 0 Å². The highest BCUT2D eigenvalue weighted by molar-refractivity contribution is 5.55. The third-order valence-electron chi connectivity index (χ3n) is 5.48. The summed E-state index contributed by atoms with van der Waals surface area (Å²) in [6.07, 6.45) is 8.61. The van der Waals surface area contributed by atoms with Crippen LogP contribution in [-0.4, -0.2) is 65.6 Å². The molecule has 2 aliphatic rings. The number of rotatable bonds is 5. The van der Waals surface area contributed by atoms with E-state index in [1.54, 1.807) is 38.1 Å². The first-order valence-corrected chi connectivity index (χ1v) is 9.78. The van der Waals surface area contributed by atoms with Gasteiger partial charge < -0.3 is 19.1 Å². The van der Waals surface area contributed by atoms with Crippen molar-refractivity contribution in [2.24, 2.45) is 13.0 Å². The average Bonchev–Trinajstić information content (AvgIpc) is 2.80. The summed E-state index contributed by atoms with van der Waals surface area (Å²) in [5.41, 5.74) is 0.978. The van der Waals surface area contributed by atoms with E-state index in [1.807, 2.05) is 18.2 Å². The molecule has 2 aromatic heterocycles. The monoisotopic (exact) mass is 411 g/mol. The highest BCUT2D eigenvalue weighted by Gasteiger charge is 2.38. The molecule has 1 saturated heterocycles. The predicted octanol–water partition coefficient (Wildman–Crippen LogP) is 1.17. The molecule has 0 amide bonds. The first-order chi connectivity index (χ1) is 14.6. The Balaban J connectivity index is 1.65. The fourth-order valence-corrected chi connectivity index (χ4v) is 3.93. The number of allylic oxidation sites excluding steroid dienone is 2. The maximum Gasteiger partial charge on any atom is 0.255 e. The highest BCUT2D eigenvalue weighted by atomic mass is 16.5. The van der Waals surface area contributed by atoms with Crippen molar-refractivity contribution in [2.75, 3.05) is 38.8 Å². The number of hydrogen-bond donors (Lipinski definition) is 0. The maximum atomic E-state index is 12.6. The number of anilines is 1. The van der Waals surface area contributed by atoms with Crippen LogP contribution in [-0.2, 0) is 21.3 Å². The highest BCUT2D eigenvalue weighted by Crippen LogP contribution is 2.31. The lowest BCUT2D eigenvalue weighted by molar-refractivity contribution is -0.0460. The molecule has 1 aliphatic carbocycles. The molecule has 1 aliphatic heterocycles. The van der Waals surface area contributed by atoms with E-state index < -0.39 is 0 Å². The molecule has 0 spiro atoms. The molecule has 9 nitrogen and oxygen atoms in total. The molecule has 0 N–H and O–H groups in total. The van der Waals surface area contributed by atoms with Gasteiger partial charge in [-0.15, -0.1) is 0 Å². The van der Waals surface area contributed by atoms with Crippen LogP contribution in [0.5, 0.6) is 0 Å². The van der Waals surface area contributed by atoms with Gasteiger partial charge in [-0.25, -0.2) is 15.0 Å². The molecule has 0 saturated carbocycles. The number of morpholine rings is 1. The maximum absolute atomic E-state index is 12.6. The smallest absolute Gasteiger partial charge is 0.255 e. The standard InChI is InChI=1S/C21H25N5O4/c1-25-19(27)11-15(14-7-8-22-13-23-14)24-21(25)26-9-10-30-18(12-26)20-16(28-2)5-4-6-17(20)29-3/h4-8,11,13,16,18,20H,9-10,12H2,1-3H3/t16?,18-,20?/m0/s1. The third kappa shape index (κ3) is 3.86. The second-order valence-corrected chi connectivity index (χ2v) is 7.17. The minimum absolute atomic E-state index is 0.0881. The summed E-state index contributed by atoms with van der Waals surface area (Å²) in [6, 6.07) is 3.23. The first kappa shape index (κ1) is 20.2. The van der Waals surface area contributed by atoms with E-state index in [9.17, 15) is 4.79 Å². The summed E-state index contributed by atoms with van der Waals surface area (Å²) < 4.78 is 18.9. The Kier molecular flexibility index (Phi) is 5.91. The van der Waals surface area contributed by atoms with Crippen molar-refractivity contribution in [3.63, 3.8) is 0 Å². The second-order valence-electron chi connectivity index (χ2n) is 7.17. The molecular formula is C21H25N5O4. The summed E-state index contributed by atoms with van der Waals surface area (Å²) in [5.74, 6) is 1.30. The van der Waals surface area contributed by atoms with Crippen LogP contribution in [0.3, 0.4) is 0 Å². The SMILES string of the molecule is COC1=CC=CC(OC)C1[C@@H]1CN(c2nc(-c3ccncn3)cc(=O)n2C)CCO1. The zero-order valence-electron chi connectivity index (χ0n) is 17.3. The van der Waals surface area contributed by atoms with Gasteiger partial charge in [0.15, 0.2) is 0 Å². The van der Waals surface area contributed by atoms with Gasteiger partial charge >= 0.3 is 0 Å². The fraction of sp³-hybridized carbons (Fsp3) is 0.429. The molecule has 3 atom stereocenters. The van der Waals surface area contributed by atoms with Gasteiger partial charge in [-0.3, -0.25) is 9.36 Å². The van der Waals surface area contributed by atoms with Gasteiger partial charge in [0, 0.05) is 39.5 Å². The van der Waals surface area contributed by atoms with Crippen LogP contribution < -0.4 is 10.5 Å². The summed E-state index contributed by atoms with van der Waals surface area (Å²) in [7, 11) is 5.06. The van der Waals surface area contributed by atoms with Gasteiger partial charge in [-0.2, -0.15) is 0 Å². The van der Waals surface area contributed by atoms with E-state index in [2.05, 4.69) is 14.9 Å². The van der Waals surface area contributed by atoms with Crippen molar-refractivity contribution < 1.29 is 14.2 Å². The van der Waals surface area contributed by atoms with E-state index >= 15 is 0 Å². The Hall–Kier alpha value is -3.04. The number of ether oxygens (including phenoxy) is 3. The second kappa shape index (κ2) is 8.76. The lowest BCUT2D eigenvalue weighted by Gasteiger charge is -2.40. The summed E-state index contributed by atoms with van der Waals surface area (Å²) >= 11 is 0. The van der Waals surface area contributed by atoms with Crippen LogP contribution in [0, 0.1) is 5.92 Å². The van der Waals surface area contributed by atoms with Gasteiger partial charge in [0.2, 0.25) is 5.95 Å². The van der Waals surface area contributed by atoms with E-state index in [-0.39, 0.29) is 23.7 Å². The minimum Gasteiger partial charge on any atom is -0.501 e.